The summed E-state index contributed by atoms with van der Waals surface area (Å²) in [6.45, 7) is 9.48. The minimum absolute atomic E-state index is 0.0815. The van der Waals surface area contributed by atoms with Crippen LogP contribution in [0.3, 0.4) is 0 Å². The molecule has 3 heteroatoms. The van der Waals surface area contributed by atoms with E-state index in [0.29, 0.717) is 6.54 Å². The summed E-state index contributed by atoms with van der Waals surface area (Å²) in [6.07, 6.45) is 2.62. The van der Waals surface area contributed by atoms with Crippen molar-refractivity contribution in [1.29, 1.82) is 0 Å². The fourth-order valence-electron chi connectivity index (χ4n) is 3.42. The molecule has 1 unspecified atom stereocenters. The van der Waals surface area contributed by atoms with Crippen LogP contribution < -0.4 is 5.32 Å². The van der Waals surface area contributed by atoms with Crippen LogP contribution >= 0.6 is 0 Å². The Morgan fingerprint density at radius 3 is 2.60 bits per heavy atom. The molecule has 2 aliphatic rings. The number of halogens is 1. The van der Waals surface area contributed by atoms with Gasteiger partial charge in [-0.15, -0.1) is 0 Å². The number of piperazine rings is 1. The molecule has 1 aliphatic carbocycles. The summed E-state index contributed by atoms with van der Waals surface area (Å²) in [7, 11) is 0. The minimum atomic E-state index is -0.0815. The standard InChI is InChI=1S/C17H25FN2/c1-16(2)12-20(10-13-6-4-5-7-15(13)18)17(3,11-19-16)14-8-9-14/h4-7,14,19H,8-12H2,1-3H3. The molecule has 1 saturated carbocycles. The van der Waals surface area contributed by atoms with Crippen LogP contribution in [0.2, 0.25) is 0 Å². The highest BCUT2D eigenvalue weighted by atomic mass is 19.1. The van der Waals surface area contributed by atoms with Crippen molar-refractivity contribution in [2.75, 3.05) is 13.1 Å². The number of nitrogens with one attached hydrogen (secondary N) is 1. The molecule has 20 heavy (non-hydrogen) atoms. The lowest BCUT2D eigenvalue weighted by Gasteiger charge is -2.52. The van der Waals surface area contributed by atoms with Gasteiger partial charge in [-0.25, -0.2) is 4.39 Å². The van der Waals surface area contributed by atoms with Gasteiger partial charge in [0.2, 0.25) is 0 Å². The average molecular weight is 276 g/mol. The van der Waals surface area contributed by atoms with Crippen molar-refractivity contribution in [1.82, 2.24) is 10.2 Å². The van der Waals surface area contributed by atoms with Gasteiger partial charge >= 0.3 is 0 Å². The lowest BCUT2D eigenvalue weighted by atomic mass is 9.85. The predicted molar refractivity (Wildman–Crippen MR) is 80.0 cm³/mol. The van der Waals surface area contributed by atoms with E-state index in [9.17, 15) is 4.39 Å². The van der Waals surface area contributed by atoms with Crippen LogP contribution in [0.5, 0.6) is 0 Å². The quantitative estimate of drug-likeness (QED) is 0.912. The van der Waals surface area contributed by atoms with Crippen molar-refractivity contribution in [2.24, 2.45) is 5.92 Å². The Morgan fingerprint density at radius 1 is 1.25 bits per heavy atom. The number of benzene rings is 1. The van der Waals surface area contributed by atoms with Gasteiger partial charge in [-0.1, -0.05) is 18.2 Å². The van der Waals surface area contributed by atoms with Crippen molar-refractivity contribution < 1.29 is 4.39 Å². The summed E-state index contributed by atoms with van der Waals surface area (Å²) in [5.41, 5.74) is 1.08. The number of hydrogen-bond acceptors (Lipinski definition) is 2. The van der Waals surface area contributed by atoms with Gasteiger partial charge in [-0.05, 0) is 45.6 Å². The van der Waals surface area contributed by atoms with Crippen LogP contribution in [0.4, 0.5) is 4.39 Å². The maximum absolute atomic E-state index is 14.0. The fraction of sp³-hybridized carbons (Fsp3) is 0.647. The summed E-state index contributed by atoms with van der Waals surface area (Å²) in [4.78, 5) is 2.50. The maximum atomic E-state index is 14.0. The van der Waals surface area contributed by atoms with Gasteiger partial charge < -0.3 is 5.32 Å². The van der Waals surface area contributed by atoms with Gasteiger partial charge in [0, 0.05) is 36.3 Å². The zero-order valence-corrected chi connectivity index (χ0v) is 12.7. The van der Waals surface area contributed by atoms with Crippen molar-refractivity contribution in [3.63, 3.8) is 0 Å². The Morgan fingerprint density at radius 2 is 1.95 bits per heavy atom. The van der Waals surface area contributed by atoms with Gasteiger partial charge in [0.25, 0.3) is 0 Å². The first kappa shape index (κ1) is 14.0. The second kappa shape index (κ2) is 4.81. The molecule has 0 radical (unpaired) electrons. The molecule has 1 N–H and O–H groups in total. The van der Waals surface area contributed by atoms with E-state index in [-0.39, 0.29) is 16.9 Å². The largest absolute Gasteiger partial charge is 0.309 e. The molecule has 2 nitrogen and oxygen atoms in total. The summed E-state index contributed by atoms with van der Waals surface area (Å²) in [6, 6.07) is 7.18. The van der Waals surface area contributed by atoms with Crippen LogP contribution in [0.15, 0.2) is 24.3 Å². The highest BCUT2D eigenvalue weighted by Gasteiger charge is 2.49. The normalized spacial score (nSPS) is 30.4. The second-order valence-corrected chi connectivity index (χ2v) is 7.32. The number of rotatable bonds is 3. The highest BCUT2D eigenvalue weighted by Crippen LogP contribution is 2.45. The van der Waals surface area contributed by atoms with Gasteiger partial charge in [0.1, 0.15) is 5.82 Å². The lowest BCUT2D eigenvalue weighted by molar-refractivity contribution is 0.00450. The minimum Gasteiger partial charge on any atom is -0.309 e. The first-order valence-electron chi connectivity index (χ1n) is 7.64. The van der Waals surface area contributed by atoms with Crippen molar-refractivity contribution in [3.05, 3.63) is 35.6 Å². The van der Waals surface area contributed by atoms with E-state index in [1.807, 2.05) is 12.1 Å². The SMILES string of the molecule is CC1(C)CN(Cc2ccccc2F)C(C)(C2CC2)CN1. The fourth-order valence-corrected chi connectivity index (χ4v) is 3.42. The van der Waals surface area contributed by atoms with Crippen LogP contribution in [-0.2, 0) is 6.54 Å². The zero-order valence-electron chi connectivity index (χ0n) is 12.7. The third-order valence-electron chi connectivity index (χ3n) is 5.01. The molecule has 0 amide bonds. The summed E-state index contributed by atoms with van der Waals surface area (Å²) in [5.74, 6) is 0.680. The molecule has 1 aromatic carbocycles. The van der Waals surface area contributed by atoms with E-state index in [1.54, 1.807) is 12.1 Å². The molecule has 0 aromatic heterocycles. The first-order chi connectivity index (χ1) is 9.41. The second-order valence-electron chi connectivity index (χ2n) is 7.32. The molecule has 110 valence electrons. The Hall–Kier alpha value is -0.930. The molecule has 1 aliphatic heterocycles. The van der Waals surface area contributed by atoms with E-state index in [4.69, 9.17) is 0 Å². The van der Waals surface area contributed by atoms with Gasteiger partial charge in [-0.2, -0.15) is 0 Å². The van der Waals surface area contributed by atoms with Crippen LogP contribution in [0, 0.1) is 11.7 Å². The van der Waals surface area contributed by atoms with E-state index in [0.717, 1.165) is 24.6 Å². The zero-order chi connectivity index (χ0) is 14.4. The summed E-state index contributed by atoms with van der Waals surface area (Å²) >= 11 is 0. The molecule has 0 bridgehead atoms. The molecule has 3 rings (SSSR count). The third kappa shape index (κ3) is 2.61. The Balaban J connectivity index is 1.85. The molecule has 1 aromatic rings. The van der Waals surface area contributed by atoms with Gasteiger partial charge in [0.15, 0.2) is 0 Å². The average Bonchev–Trinajstić information content (AvgIpc) is 3.21. The topological polar surface area (TPSA) is 15.3 Å². The molecule has 1 heterocycles. The molecular formula is C17H25FN2. The lowest BCUT2D eigenvalue weighted by Crippen LogP contribution is -2.67. The van der Waals surface area contributed by atoms with Crippen molar-refractivity contribution in [3.8, 4) is 0 Å². The maximum Gasteiger partial charge on any atom is 0.127 e. The molecule has 1 saturated heterocycles. The van der Waals surface area contributed by atoms with E-state index in [1.165, 1.54) is 12.8 Å². The Kier molecular flexibility index (Phi) is 3.38. The number of hydrogen-bond donors (Lipinski definition) is 1. The van der Waals surface area contributed by atoms with E-state index in [2.05, 4.69) is 31.0 Å². The van der Waals surface area contributed by atoms with E-state index >= 15 is 0 Å². The predicted octanol–water partition coefficient (Wildman–Crippen LogP) is 3.18. The monoisotopic (exact) mass is 276 g/mol. The molecule has 2 fully saturated rings. The Bertz CT molecular complexity index is 496. The highest BCUT2D eigenvalue weighted by molar-refractivity contribution is 5.19. The smallest absolute Gasteiger partial charge is 0.127 e. The van der Waals surface area contributed by atoms with E-state index < -0.39 is 0 Å². The first-order valence-corrected chi connectivity index (χ1v) is 7.64. The summed E-state index contributed by atoms with van der Waals surface area (Å²) < 4.78 is 14.0. The number of nitrogens with zero attached hydrogens (tertiary/aromatic N) is 1. The van der Waals surface area contributed by atoms with Crippen LogP contribution in [0.1, 0.15) is 39.2 Å². The van der Waals surface area contributed by atoms with Crippen LogP contribution in [-0.4, -0.2) is 29.1 Å². The molecular weight excluding hydrogens is 251 g/mol. The van der Waals surface area contributed by atoms with Crippen molar-refractivity contribution >= 4 is 0 Å². The molecule has 1 atom stereocenters. The van der Waals surface area contributed by atoms with Gasteiger partial charge in [-0.3, -0.25) is 4.90 Å². The van der Waals surface area contributed by atoms with Gasteiger partial charge in [0.05, 0.1) is 0 Å². The van der Waals surface area contributed by atoms with Crippen molar-refractivity contribution in [2.45, 2.75) is 51.2 Å². The Labute approximate surface area is 121 Å². The summed E-state index contributed by atoms with van der Waals surface area (Å²) in [5, 5.41) is 3.67. The van der Waals surface area contributed by atoms with Crippen LogP contribution in [0.25, 0.3) is 0 Å². The third-order valence-corrected chi connectivity index (χ3v) is 5.01. The molecule has 0 spiro atoms.